The molecular formula is C10H4ClN3O5. The number of nitro groups is 2. The zero-order valence-electron chi connectivity index (χ0n) is 9.07. The topological polar surface area (TPSA) is 116 Å². The second-order valence-corrected chi connectivity index (χ2v) is 3.86. The van der Waals surface area contributed by atoms with Crippen LogP contribution in [-0.4, -0.2) is 20.1 Å². The smallest absolute Gasteiger partial charge is 0.275 e. The summed E-state index contributed by atoms with van der Waals surface area (Å²) in [4.78, 5) is 35.0. The molecule has 2 rings (SSSR count). The summed E-state index contributed by atoms with van der Waals surface area (Å²) in [6.45, 7) is 0. The van der Waals surface area contributed by atoms with E-state index in [9.17, 15) is 25.0 Å². The normalized spacial score (nSPS) is 10.4. The maximum Gasteiger partial charge on any atom is 0.288 e. The van der Waals surface area contributed by atoms with Gasteiger partial charge in [-0.15, -0.1) is 0 Å². The quantitative estimate of drug-likeness (QED) is 0.484. The van der Waals surface area contributed by atoms with Gasteiger partial charge in [0.2, 0.25) is 0 Å². The first-order valence-corrected chi connectivity index (χ1v) is 5.21. The highest BCUT2D eigenvalue weighted by Gasteiger charge is 2.23. The molecule has 0 bridgehead atoms. The lowest BCUT2D eigenvalue weighted by Crippen LogP contribution is -2.01. The van der Waals surface area contributed by atoms with Crippen molar-refractivity contribution in [2.45, 2.75) is 0 Å². The van der Waals surface area contributed by atoms with E-state index >= 15 is 0 Å². The lowest BCUT2D eigenvalue weighted by Gasteiger charge is -2.02. The minimum Gasteiger partial charge on any atom is -0.275 e. The van der Waals surface area contributed by atoms with Crippen LogP contribution in [0.1, 0.15) is 10.4 Å². The molecule has 0 N–H and O–H groups in total. The molecule has 1 aromatic heterocycles. The molecule has 19 heavy (non-hydrogen) atoms. The number of pyridine rings is 1. The summed E-state index contributed by atoms with van der Waals surface area (Å²) in [5.41, 5.74) is -1.19. The van der Waals surface area contributed by atoms with E-state index in [2.05, 4.69) is 4.98 Å². The number of halogens is 1. The predicted molar refractivity (Wildman–Crippen MR) is 65.2 cm³/mol. The number of nitrogens with zero attached hydrogens (tertiary/aromatic N) is 3. The van der Waals surface area contributed by atoms with Gasteiger partial charge >= 0.3 is 0 Å². The van der Waals surface area contributed by atoms with Crippen molar-refractivity contribution in [3.63, 3.8) is 0 Å². The second kappa shape index (κ2) is 4.58. The van der Waals surface area contributed by atoms with Gasteiger partial charge in [0.15, 0.2) is 0 Å². The molecule has 2 aromatic rings. The summed E-state index contributed by atoms with van der Waals surface area (Å²) >= 11 is 5.32. The van der Waals surface area contributed by atoms with E-state index in [1.54, 1.807) is 0 Å². The van der Waals surface area contributed by atoms with Gasteiger partial charge in [0.05, 0.1) is 15.4 Å². The monoisotopic (exact) mass is 281 g/mol. The number of hydrogen-bond donors (Lipinski definition) is 0. The van der Waals surface area contributed by atoms with Crippen LogP contribution in [0.25, 0.3) is 10.9 Å². The molecule has 0 radical (unpaired) electrons. The van der Waals surface area contributed by atoms with Crippen LogP contribution in [0.5, 0.6) is 0 Å². The van der Waals surface area contributed by atoms with E-state index < -0.39 is 20.8 Å². The van der Waals surface area contributed by atoms with Crippen LogP contribution in [0, 0.1) is 20.2 Å². The fourth-order valence-electron chi connectivity index (χ4n) is 1.63. The molecule has 0 aliphatic rings. The molecule has 0 aliphatic carbocycles. The van der Waals surface area contributed by atoms with Crippen molar-refractivity contribution < 1.29 is 14.6 Å². The lowest BCUT2D eigenvalue weighted by atomic mass is 10.1. The predicted octanol–water partition coefficient (Wildman–Crippen LogP) is 2.43. The number of fused-ring (bicyclic) bond motifs is 1. The third-order valence-electron chi connectivity index (χ3n) is 2.42. The van der Waals surface area contributed by atoms with Gasteiger partial charge in [0, 0.05) is 17.5 Å². The van der Waals surface area contributed by atoms with Gasteiger partial charge in [-0.1, -0.05) is 0 Å². The minimum absolute atomic E-state index is 0.0419. The molecule has 0 amide bonds. The third-order valence-corrected chi connectivity index (χ3v) is 2.61. The van der Waals surface area contributed by atoms with Crippen LogP contribution < -0.4 is 0 Å². The zero-order valence-corrected chi connectivity index (χ0v) is 9.83. The first-order valence-electron chi connectivity index (χ1n) is 4.83. The summed E-state index contributed by atoms with van der Waals surface area (Å²) < 4.78 is 0. The summed E-state index contributed by atoms with van der Waals surface area (Å²) in [5, 5.41) is 20.6. The largest absolute Gasteiger partial charge is 0.288 e. The highest BCUT2D eigenvalue weighted by atomic mass is 35.5. The number of carbonyl (C=O) groups is 1. The van der Waals surface area contributed by atoms with Crippen molar-refractivity contribution in [3.05, 3.63) is 50.2 Å². The van der Waals surface area contributed by atoms with Crippen LogP contribution >= 0.6 is 11.6 Å². The number of nitro benzene ring substituents is 1. The lowest BCUT2D eigenvalue weighted by molar-refractivity contribution is -0.385. The maximum atomic E-state index is 11.3. The van der Waals surface area contributed by atoms with Crippen molar-refractivity contribution >= 4 is 39.1 Å². The number of carbonyl (C=O) groups excluding carboxylic acids is 1. The number of rotatable bonds is 3. The Bertz CT molecular complexity index is 730. The Morgan fingerprint density at radius 3 is 2.42 bits per heavy atom. The third kappa shape index (κ3) is 2.20. The molecule has 1 heterocycles. The van der Waals surface area contributed by atoms with Crippen LogP contribution in [0.2, 0.25) is 0 Å². The highest BCUT2D eigenvalue weighted by Crippen LogP contribution is 2.29. The van der Waals surface area contributed by atoms with Crippen LogP contribution in [0.3, 0.4) is 0 Å². The van der Waals surface area contributed by atoms with Gasteiger partial charge in [-0.25, -0.2) is 4.98 Å². The molecule has 96 valence electrons. The van der Waals surface area contributed by atoms with Crippen LogP contribution in [0.4, 0.5) is 11.4 Å². The van der Waals surface area contributed by atoms with Gasteiger partial charge in [0.25, 0.3) is 16.6 Å². The Balaban J connectivity index is 2.83. The number of benzene rings is 1. The van der Waals surface area contributed by atoms with E-state index in [1.165, 1.54) is 6.07 Å². The molecular weight excluding hydrogens is 278 g/mol. The zero-order chi connectivity index (χ0) is 14.2. The van der Waals surface area contributed by atoms with E-state index in [0.29, 0.717) is 0 Å². The highest BCUT2D eigenvalue weighted by molar-refractivity contribution is 6.69. The van der Waals surface area contributed by atoms with Gasteiger partial charge in [-0.05, 0) is 17.7 Å². The average molecular weight is 282 g/mol. The molecule has 8 nitrogen and oxygen atoms in total. The molecule has 0 atom stereocenters. The van der Waals surface area contributed by atoms with E-state index in [1.807, 2.05) is 0 Å². The summed E-state index contributed by atoms with van der Waals surface area (Å²) in [7, 11) is 0. The molecule has 9 heteroatoms. The van der Waals surface area contributed by atoms with Crippen molar-refractivity contribution in [2.75, 3.05) is 0 Å². The van der Waals surface area contributed by atoms with E-state index in [4.69, 9.17) is 11.6 Å². The molecule has 0 unspecified atom stereocenters. The Kier molecular flexibility index (Phi) is 3.09. The Morgan fingerprint density at radius 1 is 1.21 bits per heavy atom. The first-order chi connectivity index (χ1) is 8.91. The van der Waals surface area contributed by atoms with Gasteiger partial charge < -0.3 is 0 Å². The molecule has 0 fully saturated rings. The van der Waals surface area contributed by atoms with E-state index in [0.717, 1.165) is 18.3 Å². The van der Waals surface area contributed by atoms with Gasteiger partial charge in [0.1, 0.15) is 11.8 Å². The SMILES string of the molecule is O=C(Cl)c1c([N+](=O)[O-])ccc2cc([N+](=O)[O-])cnc12. The molecule has 0 saturated carbocycles. The van der Waals surface area contributed by atoms with Crippen LogP contribution in [-0.2, 0) is 0 Å². The van der Waals surface area contributed by atoms with E-state index in [-0.39, 0.29) is 22.2 Å². The van der Waals surface area contributed by atoms with Crippen molar-refractivity contribution in [1.29, 1.82) is 0 Å². The van der Waals surface area contributed by atoms with Crippen molar-refractivity contribution in [2.24, 2.45) is 0 Å². The molecule has 0 saturated heterocycles. The number of aromatic nitrogens is 1. The van der Waals surface area contributed by atoms with Gasteiger partial charge in [-0.3, -0.25) is 25.0 Å². The standard InChI is InChI=1S/C10H4ClN3O5/c11-10(15)8-7(14(18)19)2-1-5-3-6(13(16)17)4-12-9(5)8/h1-4H. The fourth-order valence-corrected chi connectivity index (χ4v) is 1.81. The van der Waals surface area contributed by atoms with Gasteiger partial charge in [-0.2, -0.15) is 0 Å². The fraction of sp³-hybridized carbons (Fsp3) is 0. The van der Waals surface area contributed by atoms with Crippen LogP contribution in [0.15, 0.2) is 24.4 Å². The minimum atomic E-state index is -1.04. The average Bonchev–Trinajstić information content (AvgIpc) is 2.35. The first kappa shape index (κ1) is 12.8. The second-order valence-electron chi connectivity index (χ2n) is 3.51. The van der Waals surface area contributed by atoms with Crippen molar-refractivity contribution in [3.8, 4) is 0 Å². The molecule has 1 aromatic carbocycles. The van der Waals surface area contributed by atoms with Crippen molar-refractivity contribution in [1.82, 2.24) is 4.98 Å². The Labute approximate surface area is 109 Å². The Morgan fingerprint density at radius 2 is 1.89 bits per heavy atom. The summed E-state index contributed by atoms with van der Waals surface area (Å²) in [6, 6.07) is 3.50. The maximum absolute atomic E-state index is 11.3. The Hall–Kier alpha value is -2.61. The summed E-state index contributed by atoms with van der Waals surface area (Å²) in [5.74, 6) is 0. The summed E-state index contributed by atoms with van der Waals surface area (Å²) in [6.07, 6.45) is 0.912. The molecule has 0 aliphatic heterocycles. The number of hydrogen-bond acceptors (Lipinski definition) is 6. The molecule has 0 spiro atoms.